The number of benzene rings is 1. The van der Waals surface area contributed by atoms with Crippen LogP contribution in [0.25, 0.3) is 0 Å². The normalized spacial score (nSPS) is 17.3. The topological polar surface area (TPSA) is 34.2 Å². The monoisotopic (exact) mass is 294 g/mol. The third kappa shape index (κ3) is 3.80. The van der Waals surface area contributed by atoms with Gasteiger partial charge in [0, 0.05) is 25.2 Å². The molecule has 0 spiro atoms. The number of nitrogens with zero attached hydrogens (tertiary/aromatic N) is 2. The van der Waals surface area contributed by atoms with E-state index in [1.807, 2.05) is 6.07 Å². The first-order valence-electron chi connectivity index (χ1n) is 7.38. The van der Waals surface area contributed by atoms with Crippen LogP contribution in [0.1, 0.15) is 12.0 Å². The average Bonchev–Trinajstić information content (AvgIpc) is 2.71. The summed E-state index contributed by atoms with van der Waals surface area (Å²) in [6, 6.07) is 4.01. The molecule has 2 rings (SSSR count). The highest BCUT2D eigenvalue weighted by Crippen LogP contribution is 2.40. The molecule has 0 unspecified atom stereocenters. The Bertz CT molecular complexity index is 465. The molecule has 21 heavy (non-hydrogen) atoms. The lowest BCUT2D eigenvalue weighted by atomic mass is 10.1. The Hall–Kier alpha value is -1.46. The second-order valence-corrected chi connectivity index (χ2v) is 5.43. The SMILES string of the molecule is COc1ccc(CN2CCCN(C)CC2)c(OC)c1OC. The molecule has 0 atom stereocenters. The lowest BCUT2D eigenvalue weighted by Crippen LogP contribution is -2.28. The summed E-state index contributed by atoms with van der Waals surface area (Å²) in [5.41, 5.74) is 1.14. The molecule has 0 saturated carbocycles. The minimum atomic E-state index is 0.671. The van der Waals surface area contributed by atoms with E-state index in [4.69, 9.17) is 14.2 Å². The van der Waals surface area contributed by atoms with E-state index in [-0.39, 0.29) is 0 Å². The maximum Gasteiger partial charge on any atom is 0.203 e. The fourth-order valence-electron chi connectivity index (χ4n) is 2.79. The van der Waals surface area contributed by atoms with Gasteiger partial charge in [0.1, 0.15) is 0 Å². The Balaban J connectivity index is 2.19. The van der Waals surface area contributed by atoms with E-state index in [1.54, 1.807) is 21.3 Å². The van der Waals surface area contributed by atoms with Gasteiger partial charge in [-0.1, -0.05) is 6.07 Å². The second-order valence-electron chi connectivity index (χ2n) is 5.43. The molecule has 0 amide bonds. The molecular weight excluding hydrogens is 268 g/mol. The first-order valence-corrected chi connectivity index (χ1v) is 7.38. The predicted octanol–water partition coefficient (Wildman–Crippen LogP) is 1.85. The first kappa shape index (κ1) is 15.9. The summed E-state index contributed by atoms with van der Waals surface area (Å²) in [5.74, 6) is 2.15. The fourth-order valence-corrected chi connectivity index (χ4v) is 2.79. The van der Waals surface area contributed by atoms with Crippen molar-refractivity contribution in [3.05, 3.63) is 17.7 Å². The van der Waals surface area contributed by atoms with Gasteiger partial charge >= 0.3 is 0 Å². The van der Waals surface area contributed by atoms with Crippen molar-refractivity contribution >= 4 is 0 Å². The van der Waals surface area contributed by atoms with Crippen LogP contribution in [-0.2, 0) is 6.54 Å². The summed E-state index contributed by atoms with van der Waals surface area (Å²) in [7, 11) is 7.14. The van der Waals surface area contributed by atoms with Gasteiger partial charge in [-0.3, -0.25) is 4.90 Å². The number of hydrogen-bond donors (Lipinski definition) is 0. The standard InChI is InChI=1S/C16H26N2O3/c1-17-8-5-9-18(11-10-17)12-13-6-7-14(19-2)16(21-4)15(13)20-3/h6-7H,5,8-12H2,1-4H3. The summed E-state index contributed by atoms with van der Waals surface area (Å²) in [4.78, 5) is 4.85. The van der Waals surface area contributed by atoms with Gasteiger partial charge in [-0.2, -0.15) is 0 Å². The molecule has 1 saturated heterocycles. The van der Waals surface area contributed by atoms with E-state index in [1.165, 1.54) is 13.0 Å². The summed E-state index contributed by atoms with van der Waals surface area (Å²) in [5, 5.41) is 0. The van der Waals surface area contributed by atoms with Gasteiger partial charge in [-0.25, -0.2) is 0 Å². The van der Waals surface area contributed by atoms with Crippen LogP contribution in [0.15, 0.2) is 12.1 Å². The molecule has 5 heteroatoms. The Morgan fingerprint density at radius 2 is 1.67 bits per heavy atom. The van der Waals surface area contributed by atoms with Gasteiger partial charge in [0.05, 0.1) is 21.3 Å². The molecule has 118 valence electrons. The molecule has 0 aliphatic carbocycles. The van der Waals surface area contributed by atoms with Crippen LogP contribution in [0.4, 0.5) is 0 Å². The largest absolute Gasteiger partial charge is 0.493 e. The lowest BCUT2D eigenvalue weighted by molar-refractivity contribution is 0.261. The van der Waals surface area contributed by atoms with E-state index in [0.717, 1.165) is 37.5 Å². The molecule has 1 aromatic rings. The quantitative estimate of drug-likeness (QED) is 0.828. The smallest absolute Gasteiger partial charge is 0.203 e. The molecule has 0 N–H and O–H groups in total. The molecular formula is C16H26N2O3. The second kappa shape index (κ2) is 7.52. The molecule has 1 heterocycles. The Morgan fingerprint density at radius 1 is 0.905 bits per heavy atom. The van der Waals surface area contributed by atoms with Crippen molar-refractivity contribution in [1.29, 1.82) is 0 Å². The van der Waals surface area contributed by atoms with E-state index in [9.17, 15) is 0 Å². The van der Waals surface area contributed by atoms with Crippen molar-refractivity contribution in [2.45, 2.75) is 13.0 Å². The molecule has 0 bridgehead atoms. The van der Waals surface area contributed by atoms with Crippen LogP contribution in [0.5, 0.6) is 17.2 Å². The third-order valence-corrected chi connectivity index (χ3v) is 3.99. The number of rotatable bonds is 5. The number of likely N-dealkylation sites (N-methyl/N-ethyl adjacent to an activating group) is 1. The maximum atomic E-state index is 5.56. The zero-order chi connectivity index (χ0) is 15.2. The highest BCUT2D eigenvalue weighted by atomic mass is 16.5. The molecule has 1 fully saturated rings. The van der Waals surface area contributed by atoms with Gasteiger partial charge in [0.15, 0.2) is 11.5 Å². The van der Waals surface area contributed by atoms with Gasteiger partial charge in [-0.15, -0.1) is 0 Å². The van der Waals surface area contributed by atoms with Crippen molar-refractivity contribution < 1.29 is 14.2 Å². The van der Waals surface area contributed by atoms with E-state index in [0.29, 0.717) is 11.5 Å². The third-order valence-electron chi connectivity index (χ3n) is 3.99. The van der Waals surface area contributed by atoms with Crippen molar-refractivity contribution in [3.8, 4) is 17.2 Å². The highest BCUT2D eigenvalue weighted by molar-refractivity contribution is 5.55. The van der Waals surface area contributed by atoms with Crippen LogP contribution in [0.2, 0.25) is 0 Å². The van der Waals surface area contributed by atoms with Crippen LogP contribution >= 0.6 is 0 Å². The highest BCUT2D eigenvalue weighted by Gasteiger charge is 2.19. The summed E-state index contributed by atoms with van der Waals surface area (Å²) in [6.45, 7) is 5.34. The summed E-state index contributed by atoms with van der Waals surface area (Å²) < 4.78 is 16.3. The van der Waals surface area contributed by atoms with Crippen LogP contribution < -0.4 is 14.2 Å². The number of methoxy groups -OCH3 is 3. The molecule has 0 aromatic heterocycles. The van der Waals surface area contributed by atoms with Gasteiger partial charge in [-0.05, 0) is 32.6 Å². The molecule has 1 aromatic carbocycles. The first-order chi connectivity index (χ1) is 10.2. The van der Waals surface area contributed by atoms with Gasteiger partial charge in [0.25, 0.3) is 0 Å². The molecule has 1 aliphatic rings. The minimum absolute atomic E-state index is 0.671. The van der Waals surface area contributed by atoms with Gasteiger partial charge < -0.3 is 19.1 Å². The summed E-state index contributed by atoms with van der Waals surface area (Å²) >= 11 is 0. The van der Waals surface area contributed by atoms with Crippen LogP contribution in [-0.4, -0.2) is 64.4 Å². The van der Waals surface area contributed by atoms with Crippen molar-refractivity contribution in [1.82, 2.24) is 9.80 Å². The van der Waals surface area contributed by atoms with Crippen molar-refractivity contribution in [2.75, 3.05) is 54.6 Å². The Morgan fingerprint density at radius 3 is 2.33 bits per heavy atom. The average molecular weight is 294 g/mol. The van der Waals surface area contributed by atoms with Gasteiger partial charge in [0.2, 0.25) is 5.75 Å². The molecule has 1 aliphatic heterocycles. The predicted molar refractivity (Wildman–Crippen MR) is 83.5 cm³/mol. The number of hydrogen-bond acceptors (Lipinski definition) is 5. The minimum Gasteiger partial charge on any atom is -0.493 e. The number of ether oxygens (including phenoxy) is 3. The Kier molecular flexibility index (Phi) is 5.70. The van der Waals surface area contributed by atoms with Crippen molar-refractivity contribution in [3.63, 3.8) is 0 Å². The Labute approximate surface area is 127 Å². The lowest BCUT2D eigenvalue weighted by Gasteiger charge is -2.22. The fraction of sp³-hybridized carbons (Fsp3) is 0.625. The molecule has 0 radical (unpaired) electrons. The zero-order valence-electron chi connectivity index (χ0n) is 13.5. The summed E-state index contributed by atoms with van der Waals surface area (Å²) in [6.07, 6.45) is 1.20. The van der Waals surface area contributed by atoms with Crippen LogP contribution in [0.3, 0.4) is 0 Å². The zero-order valence-corrected chi connectivity index (χ0v) is 13.5. The molecule has 5 nitrogen and oxygen atoms in total. The van der Waals surface area contributed by atoms with Crippen molar-refractivity contribution in [2.24, 2.45) is 0 Å². The van der Waals surface area contributed by atoms with E-state index >= 15 is 0 Å². The van der Waals surface area contributed by atoms with E-state index < -0.39 is 0 Å². The van der Waals surface area contributed by atoms with E-state index in [2.05, 4.69) is 22.9 Å². The van der Waals surface area contributed by atoms with Crippen LogP contribution in [0, 0.1) is 0 Å². The maximum absolute atomic E-state index is 5.56.